The third kappa shape index (κ3) is 4.79. The van der Waals surface area contributed by atoms with Gasteiger partial charge in [-0.15, -0.1) is 0 Å². The van der Waals surface area contributed by atoms with Crippen LogP contribution in [0, 0.1) is 10.1 Å². The van der Waals surface area contributed by atoms with Crippen LogP contribution in [-0.4, -0.2) is 39.2 Å². The Morgan fingerprint density at radius 1 is 1.12 bits per heavy atom. The summed E-state index contributed by atoms with van der Waals surface area (Å²) < 4.78 is 0. The van der Waals surface area contributed by atoms with Gasteiger partial charge in [-0.05, 0) is 17.5 Å². The maximum atomic E-state index is 11.4. The van der Waals surface area contributed by atoms with Crippen molar-refractivity contribution in [2.45, 2.75) is 12.5 Å². The molecule has 0 spiro atoms. The van der Waals surface area contributed by atoms with E-state index >= 15 is 0 Å². The van der Waals surface area contributed by atoms with E-state index < -0.39 is 17.1 Å². The van der Waals surface area contributed by atoms with Crippen molar-refractivity contribution in [3.05, 3.63) is 75.8 Å². The molecule has 0 radical (unpaired) electrons. The largest absolute Gasteiger partial charge is 0.465 e. The normalized spacial score (nSPS) is 11.7. The number of carbonyl (C=O) groups is 1. The Morgan fingerprint density at radius 3 is 2.29 bits per heavy atom. The average molecular weight is 330 g/mol. The summed E-state index contributed by atoms with van der Waals surface area (Å²) in [5.74, 6) is 0. The molecule has 2 N–H and O–H groups in total. The maximum Gasteiger partial charge on any atom is 0.407 e. The zero-order valence-corrected chi connectivity index (χ0v) is 12.9. The predicted molar refractivity (Wildman–Crippen MR) is 87.8 cm³/mol. The van der Waals surface area contributed by atoms with Crippen molar-refractivity contribution in [1.29, 1.82) is 0 Å². The van der Waals surface area contributed by atoms with Gasteiger partial charge in [0.1, 0.15) is 0 Å². The van der Waals surface area contributed by atoms with E-state index in [9.17, 15) is 25.1 Å². The second-order valence-electron chi connectivity index (χ2n) is 5.33. The lowest BCUT2D eigenvalue weighted by Crippen LogP contribution is -2.35. The van der Waals surface area contributed by atoms with Crippen molar-refractivity contribution >= 4 is 11.8 Å². The van der Waals surface area contributed by atoms with Gasteiger partial charge in [0.2, 0.25) is 0 Å². The predicted octanol–water partition coefficient (Wildman–Crippen LogP) is 2.85. The number of carboxylic acid groups (broad SMARTS) is 1. The SMILES string of the molecule is O=C(O)N(CCc1ccc([N+](=O)[O-])cc1)C[C@H](O)c1ccccc1. The summed E-state index contributed by atoms with van der Waals surface area (Å²) in [5, 5.41) is 30.1. The Kier molecular flexibility index (Phi) is 5.86. The highest BCUT2D eigenvalue weighted by molar-refractivity contribution is 5.65. The summed E-state index contributed by atoms with van der Waals surface area (Å²) in [6.45, 7) is 0.156. The Balaban J connectivity index is 1.96. The molecule has 0 aliphatic heterocycles. The first kappa shape index (κ1) is 17.4. The molecule has 126 valence electrons. The molecule has 0 bridgehead atoms. The fourth-order valence-corrected chi connectivity index (χ4v) is 2.30. The number of hydrogen-bond donors (Lipinski definition) is 2. The summed E-state index contributed by atoms with van der Waals surface area (Å²) in [6, 6.07) is 14.8. The molecule has 7 heteroatoms. The topological polar surface area (TPSA) is 104 Å². The molecule has 24 heavy (non-hydrogen) atoms. The lowest BCUT2D eigenvalue weighted by Gasteiger charge is -2.22. The van der Waals surface area contributed by atoms with E-state index in [1.54, 1.807) is 36.4 Å². The molecule has 0 aliphatic rings. The number of amides is 1. The number of rotatable bonds is 7. The highest BCUT2D eigenvalue weighted by atomic mass is 16.6. The second-order valence-corrected chi connectivity index (χ2v) is 5.33. The van der Waals surface area contributed by atoms with Gasteiger partial charge in [-0.3, -0.25) is 10.1 Å². The van der Waals surface area contributed by atoms with E-state index in [1.807, 2.05) is 6.07 Å². The van der Waals surface area contributed by atoms with Crippen molar-refractivity contribution in [3.63, 3.8) is 0 Å². The lowest BCUT2D eigenvalue weighted by atomic mass is 10.1. The van der Waals surface area contributed by atoms with Crippen molar-refractivity contribution in [2.24, 2.45) is 0 Å². The first-order chi connectivity index (χ1) is 11.5. The molecule has 2 aromatic carbocycles. The van der Waals surface area contributed by atoms with Crippen LogP contribution in [0.2, 0.25) is 0 Å². The average Bonchev–Trinajstić information content (AvgIpc) is 2.59. The summed E-state index contributed by atoms with van der Waals surface area (Å²) in [4.78, 5) is 22.6. The van der Waals surface area contributed by atoms with E-state index in [-0.39, 0.29) is 18.8 Å². The standard InChI is InChI=1S/C17H18N2O5/c20-16(14-4-2-1-3-5-14)12-18(17(21)22)11-10-13-6-8-15(9-7-13)19(23)24/h1-9,16,20H,10-12H2,(H,21,22)/t16-/m0/s1. The van der Waals surface area contributed by atoms with Crippen molar-refractivity contribution in [3.8, 4) is 0 Å². The molecule has 0 aromatic heterocycles. The fourth-order valence-electron chi connectivity index (χ4n) is 2.30. The zero-order chi connectivity index (χ0) is 17.5. The van der Waals surface area contributed by atoms with Gasteiger partial charge >= 0.3 is 6.09 Å². The summed E-state index contributed by atoms with van der Waals surface area (Å²) in [7, 11) is 0. The Bertz CT molecular complexity index is 688. The van der Waals surface area contributed by atoms with Crippen LogP contribution in [-0.2, 0) is 6.42 Å². The molecular weight excluding hydrogens is 312 g/mol. The Hall–Kier alpha value is -2.93. The van der Waals surface area contributed by atoms with E-state index in [1.165, 1.54) is 12.1 Å². The number of benzene rings is 2. The van der Waals surface area contributed by atoms with Crippen molar-refractivity contribution < 1.29 is 19.9 Å². The summed E-state index contributed by atoms with van der Waals surface area (Å²) in [5.41, 5.74) is 1.44. The van der Waals surface area contributed by atoms with E-state index in [0.29, 0.717) is 12.0 Å². The number of nitrogens with zero attached hydrogens (tertiary/aromatic N) is 2. The Morgan fingerprint density at radius 2 is 1.75 bits per heavy atom. The highest BCUT2D eigenvalue weighted by Crippen LogP contribution is 2.16. The number of hydrogen-bond acceptors (Lipinski definition) is 4. The molecule has 7 nitrogen and oxygen atoms in total. The zero-order valence-electron chi connectivity index (χ0n) is 12.9. The molecule has 2 rings (SSSR count). The number of aliphatic hydroxyl groups is 1. The third-order valence-corrected chi connectivity index (χ3v) is 3.67. The van der Waals surface area contributed by atoms with Crippen LogP contribution < -0.4 is 0 Å². The first-order valence-corrected chi connectivity index (χ1v) is 7.41. The van der Waals surface area contributed by atoms with Gasteiger partial charge in [0, 0.05) is 18.7 Å². The number of aliphatic hydroxyl groups excluding tert-OH is 1. The van der Waals surface area contributed by atoms with Crippen LogP contribution in [0.25, 0.3) is 0 Å². The van der Waals surface area contributed by atoms with Crippen LogP contribution in [0.1, 0.15) is 17.2 Å². The van der Waals surface area contributed by atoms with Gasteiger partial charge in [-0.25, -0.2) is 4.79 Å². The lowest BCUT2D eigenvalue weighted by molar-refractivity contribution is -0.384. The third-order valence-electron chi connectivity index (χ3n) is 3.67. The smallest absolute Gasteiger partial charge is 0.407 e. The molecule has 0 saturated heterocycles. The van der Waals surface area contributed by atoms with Gasteiger partial charge < -0.3 is 15.1 Å². The summed E-state index contributed by atoms with van der Waals surface area (Å²) >= 11 is 0. The molecule has 0 unspecified atom stereocenters. The second kappa shape index (κ2) is 8.07. The minimum absolute atomic E-state index is 0.00617. The molecule has 2 aromatic rings. The first-order valence-electron chi connectivity index (χ1n) is 7.41. The van der Waals surface area contributed by atoms with Crippen molar-refractivity contribution in [1.82, 2.24) is 4.90 Å². The number of nitro groups is 1. The van der Waals surface area contributed by atoms with Gasteiger partial charge in [-0.2, -0.15) is 0 Å². The molecule has 0 aliphatic carbocycles. The van der Waals surface area contributed by atoms with Gasteiger partial charge in [-0.1, -0.05) is 42.5 Å². The van der Waals surface area contributed by atoms with E-state index in [2.05, 4.69) is 0 Å². The van der Waals surface area contributed by atoms with E-state index in [0.717, 1.165) is 10.5 Å². The molecule has 0 saturated carbocycles. The molecule has 0 heterocycles. The quantitative estimate of drug-likeness (QED) is 0.600. The van der Waals surface area contributed by atoms with Crippen molar-refractivity contribution in [2.75, 3.05) is 13.1 Å². The minimum atomic E-state index is -1.12. The molecular formula is C17H18N2O5. The van der Waals surface area contributed by atoms with Crippen LogP contribution in [0.4, 0.5) is 10.5 Å². The van der Waals surface area contributed by atoms with Crippen LogP contribution in [0.3, 0.4) is 0 Å². The maximum absolute atomic E-state index is 11.4. The van der Waals surface area contributed by atoms with Crippen LogP contribution in [0.5, 0.6) is 0 Å². The monoisotopic (exact) mass is 330 g/mol. The fraction of sp³-hybridized carbons (Fsp3) is 0.235. The van der Waals surface area contributed by atoms with Crippen LogP contribution in [0.15, 0.2) is 54.6 Å². The van der Waals surface area contributed by atoms with E-state index in [4.69, 9.17) is 0 Å². The number of nitro benzene ring substituents is 1. The molecule has 1 atom stereocenters. The van der Waals surface area contributed by atoms with Gasteiger partial charge in [0.25, 0.3) is 5.69 Å². The molecule has 1 amide bonds. The summed E-state index contributed by atoms with van der Waals surface area (Å²) in [6.07, 6.45) is -1.61. The Labute approximate surface area is 138 Å². The van der Waals surface area contributed by atoms with Gasteiger partial charge in [0.05, 0.1) is 17.6 Å². The van der Waals surface area contributed by atoms with Crippen LogP contribution >= 0.6 is 0 Å². The minimum Gasteiger partial charge on any atom is -0.465 e. The number of non-ortho nitro benzene ring substituents is 1. The molecule has 0 fully saturated rings. The highest BCUT2D eigenvalue weighted by Gasteiger charge is 2.17. The van der Waals surface area contributed by atoms with Gasteiger partial charge in [0.15, 0.2) is 0 Å².